The van der Waals surface area contributed by atoms with Crippen LogP contribution in [-0.2, 0) is 10.0 Å². The van der Waals surface area contributed by atoms with E-state index in [0.717, 1.165) is 17.6 Å². The van der Waals surface area contributed by atoms with Crippen molar-refractivity contribution in [1.29, 1.82) is 0 Å². The van der Waals surface area contributed by atoms with E-state index in [1.54, 1.807) is 12.3 Å². The Morgan fingerprint density at radius 1 is 1.55 bits per heavy atom. The average molecular weight is 317 g/mol. The van der Waals surface area contributed by atoms with Crippen molar-refractivity contribution in [1.82, 2.24) is 14.3 Å². The number of aromatic nitrogens is 2. The zero-order valence-corrected chi connectivity index (χ0v) is 12.2. The summed E-state index contributed by atoms with van der Waals surface area (Å²) in [5.74, 6) is -1.74. The predicted molar refractivity (Wildman–Crippen MR) is 69.0 cm³/mol. The van der Waals surface area contributed by atoms with E-state index >= 15 is 0 Å². The van der Waals surface area contributed by atoms with Crippen molar-refractivity contribution in [3.8, 4) is 0 Å². The highest BCUT2D eigenvalue weighted by Gasteiger charge is 2.26. The highest BCUT2D eigenvalue weighted by Crippen LogP contribution is 2.22. The van der Waals surface area contributed by atoms with Crippen LogP contribution in [0.2, 0.25) is 0 Å². The number of aryl methyl sites for hydroxylation is 1. The Morgan fingerprint density at radius 2 is 2.25 bits per heavy atom. The summed E-state index contributed by atoms with van der Waals surface area (Å²) in [4.78, 5) is 10.6. The molecule has 0 saturated carbocycles. The third kappa shape index (κ3) is 2.86. The number of carboxylic acid groups (broad SMARTS) is 1. The van der Waals surface area contributed by atoms with Crippen LogP contribution < -0.4 is 4.72 Å². The van der Waals surface area contributed by atoms with Crippen LogP contribution >= 0.6 is 11.5 Å². The molecule has 108 valence electrons. The van der Waals surface area contributed by atoms with Gasteiger partial charge in [-0.3, -0.25) is 0 Å². The zero-order valence-electron chi connectivity index (χ0n) is 10.5. The summed E-state index contributed by atoms with van der Waals surface area (Å²) < 4.78 is 35.3. The second kappa shape index (κ2) is 5.31. The van der Waals surface area contributed by atoms with Crippen molar-refractivity contribution in [2.75, 3.05) is 0 Å². The number of carboxylic acids is 1. The molecule has 20 heavy (non-hydrogen) atoms. The first-order chi connectivity index (χ1) is 9.31. The molecule has 2 aromatic heterocycles. The molecule has 0 amide bonds. The maximum atomic E-state index is 12.2. The standard InChI is InChI=1S/C10H11N3O5S2/c1-5(7-4-19-13-11-7)12-20(16,17)9-3-8(10(14)15)18-6(9)2/h3-5,12H,1-2H3,(H,14,15). The smallest absolute Gasteiger partial charge is 0.371 e. The quantitative estimate of drug-likeness (QED) is 0.848. The van der Waals surface area contributed by atoms with Gasteiger partial charge in [-0.25, -0.2) is 17.9 Å². The average Bonchev–Trinajstić information content (AvgIpc) is 2.96. The van der Waals surface area contributed by atoms with Gasteiger partial charge < -0.3 is 9.52 Å². The second-order valence-electron chi connectivity index (χ2n) is 4.01. The lowest BCUT2D eigenvalue weighted by atomic mass is 10.3. The molecule has 1 unspecified atom stereocenters. The monoisotopic (exact) mass is 317 g/mol. The van der Waals surface area contributed by atoms with Crippen molar-refractivity contribution >= 4 is 27.5 Å². The minimum atomic E-state index is -3.90. The number of nitrogens with one attached hydrogen (secondary N) is 1. The first-order valence-electron chi connectivity index (χ1n) is 5.44. The molecule has 0 aromatic carbocycles. The van der Waals surface area contributed by atoms with Crippen LogP contribution in [0.3, 0.4) is 0 Å². The van der Waals surface area contributed by atoms with Crippen LogP contribution in [-0.4, -0.2) is 29.1 Å². The van der Waals surface area contributed by atoms with Crippen molar-refractivity contribution in [3.63, 3.8) is 0 Å². The lowest BCUT2D eigenvalue weighted by molar-refractivity contribution is 0.0661. The van der Waals surface area contributed by atoms with Crippen LogP contribution in [0.5, 0.6) is 0 Å². The Balaban J connectivity index is 2.29. The van der Waals surface area contributed by atoms with Gasteiger partial charge in [0.25, 0.3) is 0 Å². The van der Waals surface area contributed by atoms with Crippen LogP contribution in [0.1, 0.15) is 35.0 Å². The summed E-state index contributed by atoms with van der Waals surface area (Å²) in [7, 11) is -3.90. The third-order valence-electron chi connectivity index (χ3n) is 2.52. The second-order valence-corrected chi connectivity index (χ2v) is 6.30. The van der Waals surface area contributed by atoms with Gasteiger partial charge in [0.2, 0.25) is 15.8 Å². The Morgan fingerprint density at radius 3 is 2.75 bits per heavy atom. The summed E-state index contributed by atoms with van der Waals surface area (Å²) in [6.45, 7) is 3.00. The highest BCUT2D eigenvalue weighted by atomic mass is 32.2. The fourth-order valence-electron chi connectivity index (χ4n) is 1.55. The van der Waals surface area contributed by atoms with Crippen LogP contribution in [0.15, 0.2) is 20.8 Å². The van der Waals surface area contributed by atoms with Gasteiger partial charge in [-0.15, -0.1) is 5.10 Å². The molecule has 2 heterocycles. The highest BCUT2D eigenvalue weighted by molar-refractivity contribution is 7.89. The SMILES string of the molecule is Cc1oc(C(=O)O)cc1S(=O)(=O)NC(C)c1csnn1. The number of nitrogens with zero attached hydrogens (tertiary/aromatic N) is 2. The molecule has 0 aliphatic heterocycles. The van der Waals surface area contributed by atoms with E-state index in [4.69, 9.17) is 9.52 Å². The van der Waals surface area contributed by atoms with Gasteiger partial charge in [-0.2, -0.15) is 0 Å². The summed E-state index contributed by atoms with van der Waals surface area (Å²) in [6.07, 6.45) is 0. The number of furan rings is 1. The summed E-state index contributed by atoms with van der Waals surface area (Å²) in [5, 5.41) is 14.2. The van der Waals surface area contributed by atoms with E-state index in [9.17, 15) is 13.2 Å². The molecule has 0 bridgehead atoms. The first kappa shape index (κ1) is 14.6. The van der Waals surface area contributed by atoms with Crippen molar-refractivity contribution in [2.24, 2.45) is 0 Å². The Labute approximate surface area is 118 Å². The van der Waals surface area contributed by atoms with E-state index in [0.29, 0.717) is 5.69 Å². The minimum absolute atomic E-state index is 0.0125. The Kier molecular flexibility index (Phi) is 3.88. The molecular formula is C10H11N3O5S2. The van der Waals surface area contributed by atoms with Crippen molar-refractivity contribution in [3.05, 3.63) is 28.7 Å². The molecule has 10 heteroatoms. The van der Waals surface area contributed by atoms with Gasteiger partial charge in [-0.1, -0.05) is 4.49 Å². The van der Waals surface area contributed by atoms with Gasteiger partial charge in [0.15, 0.2) is 0 Å². The molecule has 0 fully saturated rings. The number of sulfonamides is 1. The molecule has 0 radical (unpaired) electrons. The molecule has 2 N–H and O–H groups in total. The lowest BCUT2D eigenvalue weighted by Crippen LogP contribution is -2.27. The van der Waals surface area contributed by atoms with Gasteiger partial charge in [-0.05, 0) is 25.4 Å². The fourth-order valence-corrected chi connectivity index (χ4v) is 3.50. The number of carbonyl (C=O) groups is 1. The normalized spacial score (nSPS) is 13.3. The zero-order chi connectivity index (χ0) is 14.9. The first-order valence-corrected chi connectivity index (χ1v) is 7.76. The molecule has 0 saturated heterocycles. The van der Waals surface area contributed by atoms with Gasteiger partial charge in [0.1, 0.15) is 10.7 Å². The Hall–Kier alpha value is -1.78. The van der Waals surface area contributed by atoms with Crippen LogP contribution in [0.25, 0.3) is 0 Å². The molecule has 2 aromatic rings. The molecule has 8 nitrogen and oxygen atoms in total. The molecule has 1 atom stereocenters. The van der Waals surface area contributed by atoms with E-state index < -0.39 is 27.8 Å². The largest absolute Gasteiger partial charge is 0.475 e. The molecule has 2 rings (SSSR count). The lowest BCUT2D eigenvalue weighted by Gasteiger charge is -2.10. The molecule has 0 spiro atoms. The fraction of sp³-hybridized carbons (Fsp3) is 0.300. The van der Waals surface area contributed by atoms with E-state index in [1.807, 2.05) is 0 Å². The number of aromatic carboxylic acids is 1. The van der Waals surface area contributed by atoms with Crippen LogP contribution in [0, 0.1) is 6.92 Å². The summed E-state index contributed by atoms with van der Waals surface area (Å²) >= 11 is 1.11. The number of hydrogen-bond acceptors (Lipinski definition) is 7. The third-order valence-corrected chi connectivity index (χ3v) is 4.70. The van der Waals surface area contributed by atoms with Gasteiger partial charge >= 0.3 is 5.97 Å². The summed E-state index contributed by atoms with van der Waals surface area (Å²) in [6, 6.07) is 0.396. The minimum Gasteiger partial charge on any atom is -0.475 e. The molecule has 0 aliphatic carbocycles. The van der Waals surface area contributed by atoms with E-state index in [-0.39, 0.29) is 10.7 Å². The maximum Gasteiger partial charge on any atom is 0.371 e. The summed E-state index contributed by atoms with van der Waals surface area (Å²) in [5.41, 5.74) is 0.484. The van der Waals surface area contributed by atoms with Crippen molar-refractivity contribution in [2.45, 2.75) is 24.8 Å². The van der Waals surface area contributed by atoms with E-state index in [2.05, 4.69) is 14.3 Å². The maximum absolute atomic E-state index is 12.2. The molecular weight excluding hydrogens is 306 g/mol. The van der Waals surface area contributed by atoms with Crippen molar-refractivity contribution < 1.29 is 22.7 Å². The molecule has 0 aliphatic rings. The Bertz CT molecular complexity index is 720. The predicted octanol–water partition coefficient (Wildman–Crippen LogP) is 1.18. The van der Waals surface area contributed by atoms with E-state index in [1.165, 1.54) is 6.92 Å². The number of hydrogen-bond donors (Lipinski definition) is 2. The van der Waals surface area contributed by atoms with Gasteiger partial charge in [0.05, 0.1) is 11.7 Å². The van der Waals surface area contributed by atoms with Gasteiger partial charge in [0, 0.05) is 11.4 Å². The van der Waals surface area contributed by atoms with Crippen LogP contribution in [0.4, 0.5) is 0 Å². The number of rotatable bonds is 5. The topological polar surface area (TPSA) is 122 Å².